The van der Waals surface area contributed by atoms with Crippen molar-refractivity contribution in [1.82, 2.24) is 4.90 Å². The van der Waals surface area contributed by atoms with Gasteiger partial charge in [0.15, 0.2) is 5.78 Å². The quantitative estimate of drug-likeness (QED) is 0.799. The van der Waals surface area contributed by atoms with Crippen LogP contribution in [0.15, 0.2) is 24.3 Å². The summed E-state index contributed by atoms with van der Waals surface area (Å²) in [5.74, 6) is 0.153. The largest absolute Gasteiger partial charge is 0.395 e. The number of hydrogen-bond donors (Lipinski definition) is 1. The van der Waals surface area contributed by atoms with Crippen LogP contribution in [-0.4, -0.2) is 41.5 Å². The maximum atomic E-state index is 12.3. The third kappa shape index (κ3) is 3.88. The molecule has 0 bridgehead atoms. The van der Waals surface area contributed by atoms with Crippen LogP contribution >= 0.6 is 0 Å². The Morgan fingerprint density at radius 1 is 1.26 bits per heavy atom. The number of ketones is 1. The van der Waals surface area contributed by atoms with Crippen LogP contribution in [0, 0.1) is 6.92 Å². The standard InChI is InChI=1S/C16H23NO2/c1-13-6-8-14(9-7-13)16(19)12-17(10-11-18)15-4-2-3-5-15/h6-9,15,18H,2-5,10-12H2,1H3. The van der Waals surface area contributed by atoms with Gasteiger partial charge in [0.2, 0.25) is 0 Å². The zero-order chi connectivity index (χ0) is 13.7. The molecule has 0 saturated heterocycles. The molecule has 0 spiro atoms. The van der Waals surface area contributed by atoms with Gasteiger partial charge in [0.1, 0.15) is 0 Å². The first-order valence-electron chi connectivity index (χ1n) is 7.15. The van der Waals surface area contributed by atoms with Gasteiger partial charge in [-0.15, -0.1) is 0 Å². The smallest absolute Gasteiger partial charge is 0.176 e. The summed E-state index contributed by atoms with van der Waals surface area (Å²) in [5.41, 5.74) is 1.94. The molecular weight excluding hydrogens is 238 g/mol. The number of nitrogens with zero attached hydrogens (tertiary/aromatic N) is 1. The molecule has 1 aliphatic carbocycles. The van der Waals surface area contributed by atoms with Crippen molar-refractivity contribution in [2.75, 3.05) is 19.7 Å². The molecule has 3 nitrogen and oxygen atoms in total. The summed E-state index contributed by atoms with van der Waals surface area (Å²) in [6.07, 6.45) is 4.79. The zero-order valence-corrected chi connectivity index (χ0v) is 11.6. The molecule has 1 fully saturated rings. The molecule has 0 aliphatic heterocycles. The average Bonchev–Trinajstić information content (AvgIpc) is 2.92. The fraction of sp³-hybridized carbons (Fsp3) is 0.562. The van der Waals surface area contributed by atoms with E-state index in [1.165, 1.54) is 18.4 Å². The van der Waals surface area contributed by atoms with Crippen LogP contribution in [0.2, 0.25) is 0 Å². The van der Waals surface area contributed by atoms with Crippen molar-refractivity contribution < 1.29 is 9.90 Å². The van der Waals surface area contributed by atoms with Crippen molar-refractivity contribution in [1.29, 1.82) is 0 Å². The first-order valence-corrected chi connectivity index (χ1v) is 7.15. The average molecular weight is 261 g/mol. The molecule has 1 N–H and O–H groups in total. The highest BCUT2D eigenvalue weighted by Crippen LogP contribution is 2.23. The van der Waals surface area contributed by atoms with Crippen molar-refractivity contribution in [3.63, 3.8) is 0 Å². The summed E-state index contributed by atoms with van der Waals surface area (Å²) < 4.78 is 0. The maximum absolute atomic E-state index is 12.3. The number of Topliss-reactive ketones (excluding diaryl/α,β-unsaturated/α-hetero) is 1. The molecule has 1 aromatic carbocycles. The van der Waals surface area contributed by atoms with Gasteiger partial charge in [-0.3, -0.25) is 9.69 Å². The van der Waals surface area contributed by atoms with Crippen LogP contribution in [0.25, 0.3) is 0 Å². The molecule has 0 unspecified atom stereocenters. The normalized spacial score (nSPS) is 16.2. The summed E-state index contributed by atoms with van der Waals surface area (Å²) in [6.45, 7) is 3.17. The molecule has 0 radical (unpaired) electrons. The van der Waals surface area contributed by atoms with Crippen LogP contribution < -0.4 is 0 Å². The van der Waals surface area contributed by atoms with Crippen molar-refractivity contribution in [3.8, 4) is 0 Å². The number of aryl methyl sites for hydroxylation is 1. The summed E-state index contributed by atoms with van der Waals surface area (Å²) in [7, 11) is 0. The van der Waals surface area contributed by atoms with Crippen molar-refractivity contribution in [2.45, 2.75) is 38.6 Å². The molecular formula is C16H23NO2. The van der Waals surface area contributed by atoms with Gasteiger partial charge in [-0.1, -0.05) is 42.7 Å². The lowest BCUT2D eigenvalue weighted by Gasteiger charge is -2.27. The molecule has 0 amide bonds. The Morgan fingerprint density at radius 2 is 1.89 bits per heavy atom. The highest BCUT2D eigenvalue weighted by atomic mass is 16.3. The predicted octanol–water partition coefficient (Wildman–Crippen LogP) is 2.41. The first-order chi connectivity index (χ1) is 9.20. The minimum Gasteiger partial charge on any atom is -0.395 e. The lowest BCUT2D eigenvalue weighted by atomic mass is 10.1. The Kier molecular flexibility index (Phi) is 5.11. The third-order valence-corrected chi connectivity index (χ3v) is 3.95. The van der Waals surface area contributed by atoms with E-state index in [0.29, 0.717) is 19.1 Å². The summed E-state index contributed by atoms with van der Waals surface area (Å²) >= 11 is 0. The molecule has 2 rings (SSSR count). The molecule has 104 valence electrons. The van der Waals surface area contributed by atoms with Crippen molar-refractivity contribution in [3.05, 3.63) is 35.4 Å². The topological polar surface area (TPSA) is 40.5 Å². The van der Waals surface area contributed by atoms with E-state index in [0.717, 1.165) is 18.4 Å². The molecule has 0 heterocycles. The van der Waals surface area contributed by atoms with Gasteiger partial charge in [0, 0.05) is 18.2 Å². The molecule has 3 heteroatoms. The number of carbonyl (C=O) groups excluding carboxylic acids is 1. The van der Waals surface area contributed by atoms with Gasteiger partial charge in [-0.25, -0.2) is 0 Å². The second kappa shape index (κ2) is 6.83. The number of hydrogen-bond acceptors (Lipinski definition) is 3. The van der Waals surface area contributed by atoms with E-state index in [2.05, 4.69) is 4.90 Å². The van der Waals surface area contributed by atoms with E-state index >= 15 is 0 Å². The summed E-state index contributed by atoms with van der Waals surface area (Å²) in [4.78, 5) is 14.4. The second-order valence-corrected chi connectivity index (χ2v) is 5.42. The SMILES string of the molecule is Cc1ccc(C(=O)CN(CCO)C2CCCC2)cc1. The predicted molar refractivity (Wildman–Crippen MR) is 76.4 cm³/mol. The minimum atomic E-state index is 0.123. The fourth-order valence-corrected chi connectivity index (χ4v) is 2.80. The maximum Gasteiger partial charge on any atom is 0.176 e. The third-order valence-electron chi connectivity index (χ3n) is 3.95. The number of aliphatic hydroxyl groups excluding tert-OH is 1. The Hall–Kier alpha value is -1.19. The minimum absolute atomic E-state index is 0.123. The monoisotopic (exact) mass is 261 g/mol. The first kappa shape index (κ1) is 14.2. The molecule has 0 atom stereocenters. The van der Waals surface area contributed by atoms with Gasteiger partial charge < -0.3 is 5.11 Å². The number of benzene rings is 1. The van der Waals surface area contributed by atoms with E-state index in [1.54, 1.807) is 0 Å². The Morgan fingerprint density at radius 3 is 2.47 bits per heavy atom. The Balaban J connectivity index is 1.99. The van der Waals surface area contributed by atoms with E-state index in [9.17, 15) is 4.79 Å². The fourth-order valence-electron chi connectivity index (χ4n) is 2.80. The highest BCUT2D eigenvalue weighted by Gasteiger charge is 2.24. The molecule has 1 saturated carbocycles. The Bertz CT molecular complexity index is 407. The van der Waals surface area contributed by atoms with E-state index in [4.69, 9.17) is 5.11 Å². The van der Waals surface area contributed by atoms with Crippen LogP contribution in [-0.2, 0) is 0 Å². The number of rotatable bonds is 6. The van der Waals surface area contributed by atoms with E-state index < -0.39 is 0 Å². The van der Waals surface area contributed by atoms with Crippen molar-refractivity contribution in [2.24, 2.45) is 0 Å². The Labute approximate surface area is 115 Å². The van der Waals surface area contributed by atoms with Gasteiger partial charge in [0.25, 0.3) is 0 Å². The van der Waals surface area contributed by atoms with Crippen LogP contribution in [0.3, 0.4) is 0 Å². The van der Waals surface area contributed by atoms with Gasteiger partial charge in [0.05, 0.1) is 13.2 Å². The van der Waals surface area contributed by atoms with Crippen LogP contribution in [0.1, 0.15) is 41.6 Å². The highest BCUT2D eigenvalue weighted by molar-refractivity contribution is 5.97. The molecule has 19 heavy (non-hydrogen) atoms. The summed E-state index contributed by atoms with van der Waals surface area (Å²) in [5, 5.41) is 9.16. The van der Waals surface area contributed by atoms with Crippen molar-refractivity contribution >= 4 is 5.78 Å². The van der Waals surface area contributed by atoms with Crippen LogP contribution in [0.5, 0.6) is 0 Å². The molecule has 1 aromatic rings. The number of carbonyl (C=O) groups is 1. The van der Waals surface area contributed by atoms with E-state index in [1.807, 2.05) is 31.2 Å². The van der Waals surface area contributed by atoms with E-state index in [-0.39, 0.29) is 12.4 Å². The second-order valence-electron chi connectivity index (χ2n) is 5.42. The molecule has 0 aromatic heterocycles. The van der Waals surface area contributed by atoms with Gasteiger partial charge in [-0.05, 0) is 19.8 Å². The lowest BCUT2D eigenvalue weighted by Crippen LogP contribution is -2.39. The summed E-state index contributed by atoms with van der Waals surface area (Å²) in [6, 6.07) is 8.20. The zero-order valence-electron chi connectivity index (χ0n) is 11.6. The van der Waals surface area contributed by atoms with Gasteiger partial charge >= 0.3 is 0 Å². The lowest BCUT2D eigenvalue weighted by molar-refractivity contribution is 0.0862. The molecule has 1 aliphatic rings. The van der Waals surface area contributed by atoms with Crippen LogP contribution in [0.4, 0.5) is 0 Å². The number of aliphatic hydroxyl groups is 1. The van der Waals surface area contributed by atoms with Gasteiger partial charge in [-0.2, -0.15) is 0 Å².